The molecule has 0 saturated carbocycles. The highest BCUT2D eigenvalue weighted by molar-refractivity contribution is 5.95. The number of hydrogen-bond donors (Lipinski definition) is 2. The first-order chi connectivity index (χ1) is 17.4. The number of carbonyl (C=O) groups excluding carboxylic acids is 3. The summed E-state index contributed by atoms with van der Waals surface area (Å²) < 4.78 is 5.48. The molecule has 1 aromatic carbocycles. The first-order valence-corrected chi connectivity index (χ1v) is 13.3. The third-order valence-corrected chi connectivity index (χ3v) is 6.70. The Morgan fingerprint density at radius 3 is 2.22 bits per heavy atom. The third-order valence-electron chi connectivity index (χ3n) is 6.70. The Hall–Kier alpha value is -3.07. The number of benzene rings is 1. The molecule has 0 unspecified atom stereocenters. The molecule has 0 bridgehead atoms. The van der Waals surface area contributed by atoms with Crippen molar-refractivity contribution in [3.8, 4) is 0 Å². The molecule has 0 spiro atoms. The predicted molar refractivity (Wildman–Crippen MR) is 144 cm³/mol. The molecule has 9 nitrogen and oxygen atoms in total. The van der Waals surface area contributed by atoms with E-state index in [4.69, 9.17) is 4.74 Å². The van der Waals surface area contributed by atoms with E-state index in [1.807, 2.05) is 56.9 Å². The number of nitrogens with zero attached hydrogens (tertiary/aromatic N) is 3. The largest absolute Gasteiger partial charge is 0.463 e. The minimum atomic E-state index is -0.593. The molecule has 1 aromatic rings. The van der Waals surface area contributed by atoms with Gasteiger partial charge in [-0.15, -0.1) is 0 Å². The van der Waals surface area contributed by atoms with Crippen LogP contribution in [0.5, 0.6) is 0 Å². The highest BCUT2D eigenvalue weighted by Gasteiger charge is 2.38. The Bertz CT molecular complexity index is 1000. The molecule has 0 aromatic heterocycles. The van der Waals surface area contributed by atoms with E-state index in [9.17, 15) is 14.4 Å². The van der Waals surface area contributed by atoms with Crippen molar-refractivity contribution in [2.24, 2.45) is 0 Å². The second-order valence-corrected chi connectivity index (χ2v) is 11.0. The Kier molecular flexibility index (Phi) is 9.23. The summed E-state index contributed by atoms with van der Waals surface area (Å²) in [6, 6.07) is 7.15. The maximum atomic E-state index is 13.3. The Labute approximate surface area is 221 Å². The van der Waals surface area contributed by atoms with Crippen molar-refractivity contribution in [2.45, 2.75) is 66.0 Å². The van der Waals surface area contributed by atoms with E-state index >= 15 is 0 Å². The summed E-state index contributed by atoms with van der Waals surface area (Å²) in [5, 5.41) is 6.05. The van der Waals surface area contributed by atoms with Crippen molar-refractivity contribution in [2.75, 3.05) is 45.9 Å². The van der Waals surface area contributed by atoms with Crippen LogP contribution in [0.2, 0.25) is 0 Å². The van der Waals surface area contributed by atoms with Gasteiger partial charge in [0, 0.05) is 50.5 Å². The first kappa shape index (κ1) is 28.5. The maximum absolute atomic E-state index is 13.3. The predicted octanol–water partition coefficient (Wildman–Crippen LogP) is 3.84. The van der Waals surface area contributed by atoms with Crippen molar-refractivity contribution in [3.05, 3.63) is 46.7 Å². The zero-order chi connectivity index (χ0) is 27.3. The van der Waals surface area contributed by atoms with Crippen LogP contribution in [-0.4, -0.2) is 84.1 Å². The SMILES string of the molecule is CCOC(=O)C1=C(CN2CCN(C(=O)NC(C)(C)C)CC2)N(CC)C(=O)N[C@H]1c1ccc(C(C)C)cc1. The highest BCUT2D eigenvalue weighted by atomic mass is 16.5. The van der Waals surface area contributed by atoms with Crippen molar-refractivity contribution < 1.29 is 19.1 Å². The number of nitrogens with one attached hydrogen (secondary N) is 2. The molecule has 1 saturated heterocycles. The zero-order valence-corrected chi connectivity index (χ0v) is 23.4. The molecule has 4 amide bonds. The van der Waals surface area contributed by atoms with E-state index in [0.29, 0.717) is 56.5 Å². The number of carbonyl (C=O) groups is 3. The average molecular weight is 514 g/mol. The Morgan fingerprint density at radius 1 is 1.08 bits per heavy atom. The molecule has 0 radical (unpaired) electrons. The number of ether oxygens (including phenoxy) is 1. The van der Waals surface area contributed by atoms with Crippen LogP contribution in [0.25, 0.3) is 0 Å². The van der Waals surface area contributed by atoms with Crippen LogP contribution in [0.15, 0.2) is 35.5 Å². The molecular weight excluding hydrogens is 470 g/mol. The van der Waals surface area contributed by atoms with Gasteiger partial charge in [-0.2, -0.15) is 0 Å². The normalized spacial score (nSPS) is 19.2. The summed E-state index contributed by atoms with van der Waals surface area (Å²) in [7, 11) is 0. The third kappa shape index (κ3) is 7.03. The van der Waals surface area contributed by atoms with Gasteiger partial charge < -0.3 is 20.3 Å². The summed E-state index contributed by atoms with van der Waals surface area (Å²) >= 11 is 0. The summed E-state index contributed by atoms with van der Waals surface area (Å²) in [6.45, 7) is 17.4. The summed E-state index contributed by atoms with van der Waals surface area (Å²) in [5.41, 5.74) is 2.87. The number of urea groups is 2. The molecule has 37 heavy (non-hydrogen) atoms. The molecule has 2 N–H and O–H groups in total. The van der Waals surface area contributed by atoms with E-state index in [-0.39, 0.29) is 24.2 Å². The fraction of sp³-hybridized carbons (Fsp3) is 0.607. The lowest BCUT2D eigenvalue weighted by atomic mass is 9.92. The van der Waals surface area contributed by atoms with E-state index in [2.05, 4.69) is 29.4 Å². The molecular formula is C28H43N5O4. The molecule has 2 heterocycles. The fourth-order valence-electron chi connectivity index (χ4n) is 4.70. The van der Waals surface area contributed by atoms with Crippen LogP contribution in [-0.2, 0) is 9.53 Å². The van der Waals surface area contributed by atoms with Crippen molar-refractivity contribution in [1.29, 1.82) is 0 Å². The smallest absolute Gasteiger partial charge is 0.338 e. The van der Waals surface area contributed by atoms with Gasteiger partial charge in [-0.1, -0.05) is 38.1 Å². The van der Waals surface area contributed by atoms with E-state index in [0.717, 1.165) is 5.56 Å². The number of rotatable bonds is 7. The zero-order valence-electron chi connectivity index (χ0n) is 23.4. The van der Waals surface area contributed by atoms with E-state index in [1.54, 1.807) is 11.8 Å². The lowest BCUT2D eigenvalue weighted by Gasteiger charge is -2.40. The second-order valence-electron chi connectivity index (χ2n) is 11.0. The Morgan fingerprint density at radius 2 is 1.70 bits per heavy atom. The van der Waals surface area contributed by atoms with Gasteiger partial charge in [0.1, 0.15) is 0 Å². The molecule has 9 heteroatoms. The summed E-state index contributed by atoms with van der Waals surface area (Å²) in [4.78, 5) is 44.7. The van der Waals surface area contributed by atoms with Gasteiger partial charge in [0.2, 0.25) is 0 Å². The molecule has 1 atom stereocenters. The van der Waals surface area contributed by atoms with Gasteiger partial charge in [-0.3, -0.25) is 9.80 Å². The minimum absolute atomic E-state index is 0.0734. The topological polar surface area (TPSA) is 94.2 Å². The van der Waals surface area contributed by atoms with Gasteiger partial charge in [-0.05, 0) is 51.7 Å². The van der Waals surface area contributed by atoms with Crippen LogP contribution in [0.1, 0.15) is 71.6 Å². The molecule has 0 aliphatic carbocycles. The second kappa shape index (κ2) is 12.0. The quantitative estimate of drug-likeness (QED) is 0.541. The molecule has 2 aliphatic heterocycles. The lowest BCUT2D eigenvalue weighted by Crippen LogP contribution is -2.56. The number of likely N-dealkylation sites (N-methyl/N-ethyl adjacent to an activating group) is 1. The van der Waals surface area contributed by atoms with Crippen molar-refractivity contribution in [3.63, 3.8) is 0 Å². The van der Waals surface area contributed by atoms with Crippen LogP contribution >= 0.6 is 0 Å². The van der Waals surface area contributed by atoms with Gasteiger partial charge in [0.25, 0.3) is 0 Å². The molecule has 3 rings (SSSR count). The summed E-state index contributed by atoms with van der Waals surface area (Å²) in [5.74, 6) is -0.0394. The van der Waals surface area contributed by atoms with Gasteiger partial charge in [0.05, 0.1) is 18.2 Å². The van der Waals surface area contributed by atoms with Crippen LogP contribution in [0.3, 0.4) is 0 Å². The first-order valence-electron chi connectivity index (χ1n) is 13.3. The van der Waals surface area contributed by atoms with Gasteiger partial charge in [-0.25, -0.2) is 14.4 Å². The minimum Gasteiger partial charge on any atom is -0.463 e. The Balaban J connectivity index is 1.90. The molecule has 204 valence electrons. The standard InChI is InChI=1S/C28H43N5O4/c1-8-33-22(18-31-14-16-32(17-15-31)27(36)30-28(5,6)7)23(25(34)37-9-2)24(29-26(33)35)21-12-10-20(11-13-21)19(3)4/h10-13,19,24H,8-9,14-18H2,1-7H3,(H,29,35)(H,30,36)/t24-/m0/s1. The summed E-state index contributed by atoms with van der Waals surface area (Å²) in [6.07, 6.45) is 0. The number of piperazine rings is 1. The van der Waals surface area contributed by atoms with E-state index in [1.165, 1.54) is 5.56 Å². The molecule has 2 aliphatic rings. The maximum Gasteiger partial charge on any atom is 0.338 e. The van der Waals surface area contributed by atoms with Crippen molar-refractivity contribution in [1.82, 2.24) is 25.3 Å². The number of esters is 1. The lowest BCUT2D eigenvalue weighted by molar-refractivity contribution is -0.139. The fourth-order valence-corrected chi connectivity index (χ4v) is 4.70. The van der Waals surface area contributed by atoms with Crippen LogP contribution < -0.4 is 10.6 Å². The molecule has 1 fully saturated rings. The average Bonchev–Trinajstić information content (AvgIpc) is 2.83. The van der Waals surface area contributed by atoms with Crippen LogP contribution in [0.4, 0.5) is 9.59 Å². The number of amides is 4. The monoisotopic (exact) mass is 513 g/mol. The van der Waals surface area contributed by atoms with Crippen molar-refractivity contribution >= 4 is 18.0 Å². The van der Waals surface area contributed by atoms with E-state index < -0.39 is 12.0 Å². The van der Waals surface area contributed by atoms with Crippen LogP contribution in [0, 0.1) is 0 Å². The van der Waals surface area contributed by atoms with Gasteiger partial charge >= 0.3 is 18.0 Å². The number of hydrogen-bond acceptors (Lipinski definition) is 5. The van der Waals surface area contributed by atoms with Gasteiger partial charge in [0.15, 0.2) is 0 Å². The highest BCUT2D eigenvalue weighted by Crippen LogP contribution is 2.33.